The Morgan fingerprint density at radius 2 is 2.00 bits per heavy atom. The summed E-state index contributed by atoms with van der Waals surface area (Å²) >= 11 is 1.15. The second-order valence-electron chi connectivity index (χ2n) is 5.52. The maximum atomic E-state index is 12.2. The second kappa shape index (κ2) is 8.15. The zero-order valence-corrected chi connectivity index (χ0v) is 15.5. The molecule has 0 aliphatic rings. The van der Waals surface area contributed by atoms with Gasteiger partial charge in [-0.1, -0.05) is 6.07 Å². The van der Waals surface area contributed by atoms with E-state index in [0.717, 1.165) is 24.3 Å². The number of nitrogens with one attached hydrogen (secondary N) is 2. The zero-order valence-electron chi connectivity index (χ0n) is 13.8. The zero-order chi connectivity index (χ0) is 18.4. The van der Waals surface area contributed by atoms with Crippen LogP contribution in [0.15, 0.2) is 64.7 Å². The molecule has 136 valence electrons. The number of thiophene rings is 1. The van der Waals surface area contributed by atoms with E-state index < -0.39 is 10.0 Å². The summed E-state index contributed by atoms with van der Waals surface area (Å²) < 4.78 is 29.0. The Hall–Kier alpha value is -2.65. The fourth-order valence-electron chi connectivity index (χ4n) is 2.30. The van der Waals surface area contributed by atoms with Crippen molar-refractivity contribution < 1.29 is 13.2 Å². The van der Waals surface area contributed by atoms with E-state index in [1.165, 1.54) is 0 Å². The van der Waals surface area contributed by atoms with Gasteiger partial charge in [-0.3, -0.25) is 9.52 Å². The number of sulfonamides is 1. The number of hydrogen-bond donors (Lipinski definition) is 2. The van der Waals surface area contributed by atoms with Crippen LogP contribution in [0, 0.1) is 0 Å². The largest absolute Gasteiger partial charge is 0.352 e. The Morgan fingerprint density at radius 3 is 2.65 bits per heavy atom. The lowest BCUT2D eigenvalue weighted by molar-refractivity contribution is 0.0952. The number of carbonyl (C=O) groups excluding carboxylic acids is 1. The summed E-state index contributed by atoms with van der Waals surface area (Å²) in [6.45, 7) is 1.33. The first-order chi connectivity index (χ1) is 12.5. The third-order valence-corrected chi connectivity index (χ3v) is 6.38. The van der Waals surface area contributed by atoms with Crippen molar-refractivity contribution in [3.63, 3.8) is 0 Å². The van der Waals surface area contributed by atoms with Crippen molar-refractivity contribution in [2.45, 2.75) is 17.2 Å². The van der Waals surface area contributed by atoms with Crippen LogP contribution in [0.25, 0.3) is 0 Å². The van der Waals surface area contributed by atoms with E-state index in [4.69, 9.17) is 0 Å². The number of aromatic nitrogens is 2. The van der Waals surface area contributed by atoms with Gasteiger partial charge in [-0.2, -0.15) is 0 Å². The average molecular weight is 390 g/mol. The minimum Gasteiger partial charge on any atom is -0.352 e. The Bertz CT molecular complexity index is 935. The quantitative estimate of drug-likeness (QED) is 0.578. The number of aryl methyl sites for hydroxylation is 1. The molecular formula is C17H18N4O3S2. The molecule has 3 aromatic rings. The maximum absolute atomic E-state index is 12.2. The summed E-state index contributed by atoms with van der Waals surface area (Å²) in [6, 6.07) is 9.56. The van der Waals surface area contributed by atoms with E-state index in [0.29, 0.717) is 17.8 Å². The first-order valence-electron chi connectivity index (χ1n) is 7.95. The number of rotatable bonds is 8. The van der Waals surface area contributed by atoms with Gasteiger partial charge in [0, 0.05) is 36.7 Å². The molecule has 0 aliphatic heterocycles. The predicted octanol–water partition coefficient (Wildman–Crippen LogP) is 2.57. The standard InChI is InChI=1S/C17H18N4O3S2/c22-17(19-8-2-10-21-11-9-18-13-21)14-4-6-15(7-5-14)20-26(23,24)16-3-1-12-25-16/h1,3-7,9,11-13,20H,2,8,10H2,(H,19,22). The highest BCUT2D eigenvalue weighted by molar-refractivity contribution is 7.94. The van der Waals surface area contributed by atoms with Gasteiger partial charge in [-0.05, 0) is 42.1 Å². The summed E-state index contributed by atoms with van der Waals surface area (Å²) in [5.41, 5.74) is 0.891. The average Bonchev–Trinajstić information content (AvgIpc) is 3.32. The Morgan fingerprint density at radius 1 is 1.19 bits per heavy atom. The summed E-state index contributed by atoms with van der Waals surface area (Å²) in [6.07, 6.45) is 6.11. The molecule has 2 N–H and O–H groups in total. The molecule has 0 saturated heterocycles. The lowest BCUT2D eigenvalue weighted by Crippen LogP contribution is -2.25. The molecule has 0 radical (unpaired) electrons. The lowest BCUT2D eigenvalue weighted by Gasteiger charge is -2.08. The van der Waals surface area contributed by atoms with Gasteiger partial charge in [0.25, 0.3) is 15.9 Å². The molecular weight excluding hydrogens is 372 g/mol. The Kier molecular flexibility index (Phi) is 5.69. The SMILES string of the molecule is O=C(NCCCn1ccnc1)c1ccc(NS(=O)(=O)c2cccs2)cc1. The van der Waals surface area contributed by atoms with Crippen molar-refractivity contribution in [3.8, 4) is 0 Å². The third-order valence-electron chi connectivity index (χ3n) is 3.60. The van der Waals surface area contributed by atoms with Gasteiger partial charge in [-0.25, -0.2) is 13.4 Å². The molecule has 2 aromatic heterocycles. The van der Waals surface area contributed by atoms with E-state index >= 15 is 0 Å². The highest BCUT2D eigenvalue weighted by Gasteiger charge is 2.15. The van der Waals surface area contributed by atoms with Gasteiger partial charge < -0.3 is 9.88 Å². The van der Waals surface area contributed by atoms with E-state index in [2.05, 4.69) is 15.0 Å². The monoisotopic (exact) mass is 390 g/mol. The normalized spacial score (nSPS) is 11.2. The van der Waals surface area contributed by atoms with Crippen LogP contribution >= 0.6 is 11.3 Å². The van der Waals surface area contributed by atoms with E-state index in [1.54, 1.807) is 54.3 Å². The smallest absolute Gasteiger partial charge is 0.271 e. The van der Waals surface area contributed by atoms with E-state index in [9.17, 15) is 13.2 Å². The van der Waals surface area contributed by atoms with Crippen molar-refractivity contribution in [3.05, 3.63) is 66.1 Å². The van der Waals surface area contributed by atoms with Gasteiger partial charge in [0.2, 0.25) is 0 Å². The molecule has 2 heterocycles. The molecule has 0 bridgehead atoms. The topological polar surface area (TPSA) is 93.1 Å². The number of imidazole rings is 1. The molecule has 1 amide bonds. The van der Waals surface area contributed by atoms with Crippen molar-refractivity contribution in [2.75, 3.05) is 11.3 Å². The van der Waals surface area contributed by atoms with Crippen LogP contribution in [-0.2, 0) is 16.6 Å². The molecule has 26 heavy (non-hydrogen) atoms. The highest BCUT2D eigenvalue weighted by Crippen LogP contribution is 2.20. The summed E-state index contributed by atoms with van der Waals surface area (Å²) in [5, 5.41) is 4.54. The maximum Gasteiger partial charge on any atom is 0.271 e. The van der Waals surface area contributed by atoms with Gasteiger partial charge in [0.1, 0.15) is 4.21 Å². The fourth-order valence-corrected chi connectivity index (χ4v) is 4.35. The first kappa shape index (κ1) is 18.2. The highest BCUT2D eigenvalue weighted by atomic mass is 32.2. The summed E-state index contributed by atoms with van der Waals surface area (Å²) in [5.74, 6) is -0.191. The van der Waals surface area contributed by atoms with Crippen LogP contribution in [0.5, 0.6) is 0 Å². The summed E-state index contributed by atoms with van der Waals surface area (Å²) in [4.78, 5) is 16.1. The van der Waals surface area contributed by atoms with Crippen LogP contribution in [0.4, 0.5) is 5.69 Å². The molecule has 0 spiro atoms. The molecule has 0 aliphatic carbocycles. The summed E-state index contributed by atoms with van der Waals surface area (Å²) in [7, 11) is -3.58. The molecule has 7 nitrogen and oxygen atoms in total. The number of hydrogen-bond acceptors (Lipinski definition) is 5. The third kappa shape index (κ3) is 4.70. The van der Waals surface area contributed by atoms with E-state index in [1.807, 2.05) is 10.8 Å². The number of carbonyl (C=O) groups is 1. The minimum atomic E-state index is -3.58. The van der Waals surface area contributed by atoms with Crippen LogP contribution in [0.1, 0.15) is 16.8 Å². The van der Waals surface area contributed by atoms with Crippen molar-refractivity contribution in [2.24, 2.45) is 0 Å². The Balaban J connectivity index is 1.51. The van der Waals surface area contributed by atoms with Gasteiger partial charge in [0.15, 0.2) is 0 Å². The number of anilines is 1. The van der Waals surface area contributed by atoms with Crippen LogP contribution in [0.2, 0.25) is 0 Å². The molecule has 0 fully saturated rings. The molecule has 0 unspecified atom stereocenters. The molecule has 3 rings (SSSR count). The molecule has 9 heteroatoms. The predicted molar refractivity (Wildman–Crippen MR) is 101 cm³/mol. The number of benzene rings is 1. The van der Waals surface area contributed by atoms with Crippen LogP contribution in [-0.4, -0.2) is 30.4 Å². The van der Waals surface area contributed by atoms with Gasteiger partial charge in [0.05, 0.1) is 6.33 Å². The van der Waals surface area contributed by atoms with Crippen LogP contribution in [0.3, 0.4) is 0 Å². The lowest BCUT2D eigenvalue weighted by atomic mass is 10.2. The molecule has 0 saturated carbocycles. The van der Waals surface area contributed by atoms with Gasteiger partial charge >= 0.3 is 0 Å². The number of nitrogens with zero attached hydrogens (tertiary/aromatic N) is 2. The minimum absolute atomic E-state index is 0.191. The molecule has 0 atom stereocenters. The molecule has 1 aromatic carbocycles. The second-order valence-corrected chi connectivity index (χ2v) is 8.38. The fraction of sp³-hybridized carbons (Fsp3) is 0.176. The van der Waals surface area contributed by atoms with Crippen molar-refractivity contribution in [1.29, 1.82) is 0 Å². The van der Waals surface area contributed by atoms with E-state index in [-0.39, 0.29) is 10.1 Å². The Labute approximate surface area is 155 Å². The van der Waals surface area contributed by atoms with Gasteiger partial charge in [-0.15, -0.1) is 11.3 Å². The van der Waals surface area contributed by atoms with Crippen molar-refractivity contribution in [1.82, 2.24) is 14.9 Å². The number of amides is 1. The first-order valence-corrected chi connectivity index (χ1v) is 10.3. The van der Waals surface area contributed by atoms with Crippen LogP contribution < -0.4 is 10.0 Å². The van der Waals surface area contributed by atoms with Crippen molar-refractivity contribution >= 4 is 33.0 Å².